The van der Waals surface area contributed by atoms with Crippen LogP contribution in [0.25, 0.3) is 0 Å². The van der Waals surface area contributed by atoms with Gasteiger partial charge in [-0.25, -0.2) is 4.98 Å². The van der Waals surface area contributed by atoms with Crippen molar-refractivity contribution < 1.29 is 4.74 Å². The van der Waals surface area contributed by atoms with E-state index >= 15 is 0 Å². The van der Waals surface area contributed by atoms with Crippen molar-refractivity contribution in [1.82, 2.24) is 9.97 Å². The number of hydrogen-bond acceptors (Lipinski definition) is 5. The van der Waals surface area contributed by atoms with E-state index in [1.54, 1.807) is 37.6 Å². The number of methoxy groups -OCH3 is 1. The summed E-state index contributed by atoms with van der Waals surface area (Å²) in [5.74, 6) is 1.83. The number of nitrogens with one attached hydrogen (secondary N) is 2. The number of benzene rings is 2. The second-order valence-electron chi connectivity index (χ2n) is 5.22. The molecule has 1 heterocycles. The first-order valence-corrected chi connectivity index (χ1v) is 8.31. The molecule has 0 fully saturated rings. The molecule has 0 saturated carbocycles. The SMILES string of the molecule is COc1ccc(Cl)cc1Nc1ccnc(NCc2ccc(Cl)cc2)n1. The van der Waals surface area contributed by atoms with Crippen LogP contribution < -0.4 is 15.4 Å². The molecule has 3 aromatic rings. The van der Waals surface area contributed by atoms with Gasteiger partial charge in [0.2, 0.25) is 5.95 Å². The second kappa shape index (κ2) is 8.05. The molecule has 0 amide bonds. The minimum atomic E-state index is 0.515. The summed E-state index contributed by atoms with van der Waals surface area (Å²) in [6.07, 6.45) is 1.68. The standard InChI is InChI=1S/C18H16Cl2N4O/c1-25-16-7-6-14(20)10-15(16)23-17-8-9-21-18(24-17)22-11-12-2-4-13(19)5-3-12/h2-10H,11H2,1H3,(H2,21,22,23,24). The zero-order chi connectivity index (χ0) is 17.6. The van der Waals surface area contributed by atoms with Crippen LogP contribution in [0, 0.1) is 0 Å². The third-order valence-corrected chi connectivity index (χ3v) is 3.93. The Morgan fingerprint density at radius 1 is 1.00 bits per heavy atom. The maximum Gasteiger partial charge on any atom is 0.224 e. The minimum Gasteiger partial charge on any atom is -0.495 e. The molecule has 0 spiro atoms. The number of halogens is 2. The number of hydrogen-bond donors (Lipinski definition) is 2. The zero-order valence-electron chi connectivity index (χ0n) is 13.5. The van der Waals surface area contributed by atoms with Gasteiger partial charge in [0.25, 0.3) is 0 Å². The Bertz CT molecular complexity index is 856. The van der Waals surface area contributed by atoms with E-state index in [9.17, 15) is 0 Å². The summed E-state index contributed by atoms with van der Waals surface area (Å²) in [5.41, 5.74) is 1.82. The van der Waals surface area contributed by atoms with Crippen LogP contribution in [0.4, 0.5) is 17.5 Å². The fourth-order valence-corrected chi connectivity index (χ4v) is 2.51. The summed E-state index contributed by atoms with van der Waals surface area (Å²) >= 11 is 11.9. The van der Waals surface area contributed by atoms with Crippen LogP contribution in [0.5, 0.6) is 5.75 Å². The average Bonchev–Trinajstić information content (AvgIpc) is 2.62. The summed E-state index contributed by atoms with van der Waals surface area (Å²) in [6.45, 7) is 0.598. The summed E-state index contributed by atoms with van der Waals surface area (Å²) < 4.78 is 5.33. The van der Waals surface area contributed by atoms with E-state index in [4.69, 9.17) is 27.9 Å². The number of nitrogens with zero attached hydrogens (tertiary/aromatic N) is 2. The molecule has 0 aliphatic carbocycles. The van der Waals surface area contributed by atoms with Crippen LogP contribution in [0.3, 0.4) is 0 Å². The van der Waals surface area contributed by atoms with Gasteiger partial charge in [-0.05, 0) is 42.0 Å². The van der Waals surface area contributed by atoms with Crippen molar-refractivity contribution in [3.8, 4) is 5.75 Å². The van der Waals surface area contributed by atoms with Crippen molar-refractivity contribution in [2.24, 2.45) is 0 Å². The van der Waals surface area contributed by atoms with Crippen LogP contribution >= 0.6 is 23.2 Å². The first-order chi connectivity index (χ1) is 12.1. The van der Waals surface area contributed by atoms with E-state index < -0.39 is 0 Å². The van der Waals surface area contributed by atoms with Crippen LogP contribution in [0.15, 0.2) is 54.7 Å². The Labute approximate surface area is 156 Å². The molecule has 0 radical (unpaired) electrons. The van der Waals surface area contributed by atoms with Crippen LogP contribution in [-0.4, -0.2) is 17.1 Å². The summed E-state index contributed by atoms with van der Waals surface area (Å²) in [4.78, 5) is 8.68. The highest BCUT2D eigenvalue weighted by molar-refractivity contribution is 6.31. The van der Waals surface area contributed by atoms with E-state index in [0.29, 0.717) is 34.1 Å². The van der Waals surface area contributed by atoms with Gasteiger partial charge in [0.15, 0.2) is 0 Å². The first-order valence-electron chi connectivity index (χ1n) is 7.56. The Hall–Kier alpha value is -2.50. The topological polar surface area (TPSA) is 59.1 Å². The van der Waals surface area contributed by atoms with Gasteiger partial charge >= 0.3 is 0 Å². The third-order valence-electron chi connectivity index (χ3n) is 3.44. The fraction of sp³-hybridized carbons (Fsp3) is 0.111. The lowest BCUT2D eigenvalue weighted by atomic mass is 10.2. The van der Waals surface area contributed by atoms with Crippen molar-refractivity contribution in [3.05, 3.63) is 70.3 Å². The molecule has 25 heavy (non-hydrogen) atoms. The minimum absolute atomic E-state index is 0.515. The van der Waals surface area contributed by atoms with Crippen LogP contribution in [-0.2, 0) is 6.54 Å². The highest BCUT2D eigenvalue weighted by Gasteiger charge is 2.06. The average molecular weight is 375 g/mol. The predicted molar refractivity (Wildman–Crippen MR) is 102 cm³/mol. The molecule has 0 aliphatic rings. The fourth-order valence-electron chi connectivity index (χ4n) is 2.21. The van der Waals surface area contributed by atoms with E-state index in [1.165, 1.54) is 0 Å². The largest absolute Gasteiger partial charge is 0.495 e. The Balaban J connectivity index is 1.71. The van der Waals surface area contributed by atoms with Gasteiger partial charge in [-0.1, -0.05) is 35.3 Å². The van der Waals surface area contributed by atoms with Gasteiger partial charge in [0, 0.05) is 22.8 Å². The normalized spacial score (nSPS) is 10.4. The van der Waals surface area contributed by atoms with Crippen LogP contribution in [0.1, 0.15) is 5.56 Å². The number of aromatic nitrogens is 2. The molecule has 0 saturated heterocycles. The summed E-state index contributed by atoms with van der Waals surface area (Å²) in [7, 11) is 1.60. The van der Waals surface area contributed by atoms with Gasteiger partial charge in [-0.15, -0.1) is 0 Å². The first kappa shape index (κ1) is 17.3. The van der Waals surface area contributed by atoms with Gasteiger partial charge in [-0.3, -0.25) is 0 Å². The Morgan fingerprint density at radius 3 is 2.52 bits per heavy atom. The van der Waals surface area contributed by atoms with Crippen LogP contribution in [0.2, 0.25) is 10.0 Å². The lowest BCUT2D eigenvalue weighted by Gasteiger charge is -2.12. The lowest BCUT2D eigenvalue weighted by Crippen LogP contribution is -2.05. The number of ether oxygens (including phenoxy) is 1. The molecule has 2 aromatic carbocycles. The lowest BCUT2D eigenvalue weighted by molar-refractivity contribution is 0.417. The molecule has 7 heteroatoms. The van der Waals surface area contributed by atoms with Gasteiger partial charge in [0.05, 0.1) is 12.8 Å². The molecule has 128 valence electrons. The van der Waals surface area contributed by atoms with Gasteiger partial charge in [-0.2, -0.15) is 4.98 Å². The maximum atomic E-state index is 6.05. The highest BCUT2D eigenvalue weighted by Crippen LogP contribution is 2.30. The predicted octanol–water partition coefficient (Wildman–Crippen LogP) is 5.15. The summed E-state index contributed by atoms with van der Waals surface area (Å²) in [6, 6.07) is 14.7. The molecular formula is C18H16Cl2N4O. The number of rotatable bonds is 6. The highest BCUT2D eigenvalue weighted by atomic mass is 35.5. The van der Waals surface area contributed by atoms with Crippen molar-refractivity contribution in [2.45, 2.75) is 6.54 Å². The molecule has 3 rings (SSSR count). The van der Waals surface area contributed by atoms with Crippen molar-refractivity contribution in [1.29, 1.82) is 0 Å². The van der Waals surface area contributed by atoms with E-state index in [1.807, 2.05) is 24.3 Å². The molecule has 1 aromatic heterocycles. The summed E-state index contributed by atoms with van der Waals surface area (Å²) in [5, 5.41) is 7.70. The van der Waals surface area contributed by atoms with E-state index in [0.717, 1.165) is 11.3 Å². The van der Waals surface area contributed by atoms with E-state index in [-0.39, 0.29) is 0 Å². The second-order valence-corrected chi connectivity index (χ2v) is 6.09. The quantitative estimate of drug-likeness (QED) is 0.624. The maximum absolute atomic E-state index is 6.05. The Kier molecular flexibility index (Phi) is 5.58. The smallest absolute Gasteiger partial charge is 0.224 e. The van der Waals surface area contributed by atoms with Crippen molar-refractivity contribution in [2.75, 3.05) is 17.7 Å². The molecule has 2 N–H and O–H groups in total. The molecular weight excluding hydrogens is 359 g/mol. The molecule has 0 bridgehead atoms. The molecule has 5 nitrogen and oxygen atoms in total. The van der Waals surface area contributed by atoms with Crippen molar-refractivity contribution in [3.63, 3.8) is 0 Å². The monoisotopic (exact) mass is 374 g/mol. The van der Waals surface area contributed by atoms with Crippen molar-refractivity contribution >= 4 is 40.7 Å². The van der Waals surface area contributed by atoms with Gasteiger partial charge in [0.1, 0.15) is 11.6 Å². The number of anilines is 3. The Morgan fingerprint density at radius 2 is 1.76 bits per heavy atom. The zero-order valence-corrected chi connectivity index (χ0v) is 15.0. The third kappa shape index (κ3) is 4.75. The molecule has 0 unspecified atom stereocenters. The molecule has 0 atom stereocenters. The van der Waals surface area contributed by atoms with E-state index in [2.05, 4.69) is 20.6 Å². The van der Waals surface area contributed by atoms with Gasteiger partial charge < -0.3 is 15.4 Å². The molecule has 0 aliphatic heterocycles.